The van der Waals surface area contributed by atoms with Gasteiger partial charge in [0.25, 0.3) is 0 Å². The van der Waals surface area contributed by atoms with Crippen LogP contribution in [-0.2, 0) is 0 Å². The highest BCUT2D eigenvalue weighted by Gasteiger charge is 2.06. The maximum atomic E-state index is 10.3. The number of rotatable bonds is 0. The highest BCUT2D eigenvalue weighted by Crippen LogP contribution is 1.89. The van der Waals surface area contributed by atoms with Crippen molar-refractivity contribution in [1.29, 1.82) is 0 Å². The van der Waals surface area contributed by atoms with E-state index in [1.807, 2.05) is 0 Å². The third-order valence-electron chi connectivity index (χ3n) is 1.02. The molecule has 0 aliphatic carbocycles. The topological polar surface area (TPSA) is 99.7 Å². The summed E-state index contributed by atoms with van der Waals surface area (Å²) >= 11 is 0. The zero-order valence-corrected chi connectivity index (χ0v) is 5.66. The first-order valence-corrected chi connectivity index (χ1v) is 2.95. The zero-order valence-electron chi connectivity index (χ0n) is 5.66. The average molecular weight is 156 g/mol. The van der Waals surface area contributed by atoms with E-state index in [9.17, 15) is 4.79 Å². The van der Waals surface area contributed by atoms with Crippen molar-refractivity contribution in [3.8, 4) is 0 Å². The number of nitrogens with zero attached hydrogens (tertiary/aromatic N) is 1. The minimum Gasteiger partial charge on any atom is -0.495 e. The number of aliphatic hydroxyl groups is 1. The summed E-state index contributed by atoms with van der Waals surface area (Å²) in [6, 6.07) is -0.717. The zero-order chi connectivity index (χ0) is 8.27. The van der Waals surface area contributed by atoms with Crippen molar-refractivity contribution in [1.82, 2.24) is 10.6 Å². The van der Waals surface area contributed by atoms with E-state index in [0.29, 0.717) is 6.54 Å². The van der Waals surface area contributed by atoms with Crippen molar-refractivity contribution < 1.29 is 9.90 Å². The predicted octanol–water partition coefficient (Wildman–Crippen LogP) is -0.987. The maximum absolute atomic E-state index is 10.3. The summed E-state index contributed by atoms with van der Waals surface area (Å²) in [5, 5.41) is 13.5. The SMILES string of the molecule is NC(=O)NC1=NCC=C(O)N1. The first-order valence-electron chi connectivity index (χ1n) is 2.95. The normalized spacial score (nSPS) is 16.0. The standard InChI is InChI=1S/C5H8N4O2/c6-4(11)9-5-7-2-1-3(10)8-5/h1,10H,2H2,(H4,6,7,8,9,11). The summed E-state index contributed by atoms with van der Waals surface area (Å²) in [4.78, 5) is 14.0. The Balaban J connectivity index is 2.49. The van der Waals surface area contributed by atoms with Gasteiger partial charge in [-0.05, 0) is 6.08 Å². The van der Waals surface area contributed by atoms with E-state index in [4.69, 9.17) is 10.8 Å². The van der Waals surface area contributed by atoms with Crippen LogP contribution in [0.25, 0.3) is 0 Å². The largest absolute Gasteiger partial charge is 0.495 e. The molecule has 60 valence electrons. The Morgan fingerprint density at radius 2 is 2.64 bits per heavy atom. The van der Waals surface area contributed by atoms with Gasteiger partial charge in [0.1, 0.15) is 0 Å². The molecule has 0 saturated carbocycles. The van der Waals surface area contributed by atoms with Crippen molar-refractivity contribution in [2.24, 2.45) is 10.7 Å². The van der Waals surface area contributed by atoms with Gasteiger partial charge < -0.3 is 10.8 Å². The number of nitrogens with one attached hydrogen (secondary N) is 2. The third kappa shape index (κ3) is 2.17. The first-order chi connectivity index (χ1) is 5.18. The van der Waals surface area contributed by atoms with Crippen LogP contribution >= 0.6 is 0 Å². The lowest BCUT2D eigenvalue weighted by Crippen LogP contribution is -2.44. The highest BCUT2D eigenvalue weighted by atomic mass is 16.3. The van der Waals surface area contributed by atoms with Crippen molar-refractivity contribution in [2.75, 3.05) is 6.54 Å². The van der Waals surface area contributed by atoms with Crippen molar-refractivity contribution >= 4 is 12.0 Å². The van der Waals surface area contributed by atoms with Gasteiger partial charge in [0.05, 0.1) is 6.54 Å². The fourth-order valence-electron chi connectivity index (χ4n) is 0.623. The Bertz CT molecular complexity index is 229. The summed E-state index contributed by atoms with van der Waals surface area (Å²) in [5.74, 6) is 0.126. The molecular formula is C5H8N4O2. The fourth-order valence-corrected chi connectivity index (χ4v) is 0.623. The summed E-state index contributed by atoms with van der Waals surface area (Å²) in [5.41, 5.74) is 4.80. The van der Waals surface area contributed by atoms with Crippen LogP contribution in [0.5, 0.6) is 0 Å². The molecule has 1 rings (SSSR count). The van der Waals surface area contributed by atoms with E-state index in [0.717, 1.165) is 0 Å². The second-order valence-electron chi connectivity index (χ2n) is 1.89. The summed E-state index contributed by atoms with van der Waals surface area (Å²) in [6.45, 7) is 0.328. The lowest BCUT2D eigenvalue weighted by molar-refractivity contribution is 0.252. The minimum absolute atomic E-state index is 0.0382. The quantitative estimate of drug-likeness (QED) is 0.362. The molecule has 0 aromatic rings. The Hall–Kier alpha value is -1.72. The Labute approximate surface area is 62.8 Å². The molecule has 2 amide bonds. The molecule has 1 heterocycles. The Morgan fingerprint density at radius 3 is 3.18 bits per heavy atom. The van der Waals surface area contributed by atoms with E-state index in [2.05, 4.69) is 15.6 Å². The lowest BCUT2D eigenvalue weighted by atomic mass is 10.5. The van der Waals surface area contributed by atoms with E-state index in [-0.39, 0.29) is 11.8 Å². The van der Waals surface area contributed by atoms with Gasteiger partial charge in [-0.15, -0.1) is 0 Å². The van der Waals surface area contributed by atoms with Crippen LogP contribution < -0.4 is 16.4 Å². The second-order valence-corrected chi connectivity index (χ2v) is 1.89. The molecule has 0 atom stereocenters. The molecule has 0 fully saturated rings. The number of carbonyl (C=O) groups excluding carboxylic acids is 1. The number of hydrogen-bond acceptors (Lipinski definition) is 4. The van der Waals surface area contributed by atoms with Crippen LogP contribution in [0.15, 0.2) is 17.0 Å². The van der Waals surface area contributed by atoms with Gasteiger partial charge in [0, 0.05) is 0 Å². The smallest absolute Gasteiger partial charge is 0.318 e. The molecule has 0 aromatic heterocycles. The van der Waals surface area contributed by atoms with Gasteiger partial charge in [-0.3, -0.25) is 10.6 Å². The summed E-state index contributed by atoms with van der Waals surface area (Å²) in [7, 11) is 0. The van der Waals surface area contributed by atoms with Gasteiger partial charge in [0.15, 0.2) is 5.88 Å². The van der Waals surface area contributed by atoms with Crippen LogP contribution in [0.1, 0.15) is 0 Å². The maximum Gasteiger partial charge on any atom is 0.318 e. The van der Waals surface area contributed by atoms with E-state index in [1.54, 1.807) is 0 Å². The number of aliphatic hydroxyl groups excluding tert-OH is 1. The van der Waals surface area contributed by atoms with Gasteiger partial charge >= 0.3 is 6.03 Å². The van der Waals surface area contributed by atoms with Crippen LogP contribution in [-0.4, -0.2) is 23.6 Å². The Morgan fingerprint density at radius 1 is 1.91 bits per heavy atom. The van der Waals surface area contributed by atoms with Crippen molar-refractivity contribution in [2.45, 2.75) is 0 Å². The number of aliphatic imine (C=N–C) groups is 1. The van der Waals surface area contributed by atoms with Gasteiger partial charge in [0.2, 0.25) is 5.96 Å². The second kappa shape index (κ2) is 2.91. The molecule has 0 unspecified atom stereocenters. The molecule has 11 heavy (non-hydrogen) atoms. The lowest BCUT2D eigenvalue weighted by Gasteiger charge is -2.11. The average Bonchev–Trinajstić information content (AvgIpc) is 1.85. The van der Waals surface area contributed by atoms with Gasteiger partial charge in [-0.2, -0.15) is 0 Å². The number of guanidine groups is 1. The first kappa shape index (κ1) is 7.39. The molecule has 1 aliphatic rings. The molecule has 0 saturated heterocycles. The molecular weight excluding hydrogens is 148 g/mol. The number of amides is 2. The number of urea groups is 1. The minimum atomic E-state index is -0.717. The molecule has 6 heteroatoms. The van der Waals surface area contributed by atoms with Crippen LogP contribution in [0.3, 0.4) is 0 Å². The van der Waals surface area contributed by atoms with Crippen LogP contribution in [0.2, 0.25) is 0 Å². The fraction of sp³-hybridized carbons (Fsp3) is 0.200. The number of carbonyl (C=O) groups is 1. The molecule has 0 radical (unpaired) electrons. The molecule has 1 aliphatic heterocycles. The predicted molar refractivity (Wildman–Crippen MR) is 38.9 cm³/mol. The van der Waals surface area contributed by atoms with E-state index >= 15 is 0 Å². The van der Waals surface area contributed by atoms with Gasteiger partial charge in [-0.1, -0.05) is 0 Å². The van der Waals surface area contributed by atoms with E-state index in [1.165, 1.54) is 6.08 Å². The monoisotopic (exact) mass is 156 g/mol. The van der Waals surface area contributed by atoms with Crippen molar-refractivity contribution in [3.05, 3.63) is 12.0 Å². The molecule has 5 N–H and O–H groups in total. The summed E-state index contributed by atoms with van der Waals surface area (Å²) < 4.78 is 0. The highest BCUT2D eigenvalue weighted by molar-refractivity contribution is 5.96. The van der Waals surface area contributed by atoms with E-state index < -0.39 is 6.03 Å². The third-order valence-corrected chi connectivity index (χ3v) is 1.02. The van der Waals surface area contributed by atoms with Crippen molar-refractivity contribution in [3.63, 3.8) is 0 Å². The number of primary amides is 1. The van der Waals surface area contributed by atoms with Crippen LogP contribution in [0.4, 0.5) is 4.79 Å². The number of hydrogen-bond donors (Lipinski definition) is 4. The molecule has 0 bridgehead atoms. The molecule has 0 spiro atoms. The number of nitrogens with two attached hydrogens (primary N) is 1. The summed E-state index contributed by atoms with van der Waals surface area (Å²) in [6.07, 6.45) is 1.46. The molecule has 6 nitrogen and oxygen atoms in total. The Kier molecular flexibility index (Phi) is 1.95. The van der Waals surface area contributed by atoms with Gasteiger partial charge in [-0.25, -0.2) is 9.79 Å². The van der Waals surface area contributed by atoms with Crippen LogP contribution in [0, 0.1) is 0 Å². The molecule has 0 aromatic carbocycles.